The van der Waals surface area contributed by atoms with Crippen molar-refractivity contribution in [3.63, 3.8) is 0 Å². The quantitative estimate of drug-likeness (QED) is 0.798. The van der Waals surface area contributed by atoms with Crippen LogP contribution in [-0.2, 0) is 6.42 Å². The maximum absolute atomic E-state index is 9.65. The molecule has 118 valence electrons. The fraction of sp³-hybridized carbons (Fsp3) is 0.444. The summed E-state index contributed by atoms with van der Waals surface area (Å²) >= 11 is 0. The molecule has 1 atom stereocenters. The average molecular weight is 299 g/mol. The van der Waals surface area contributed by atoms with Crippen LogP contribution in [0.3, 0.4) is 0 Å². The van der Waals surface area contributed by atoms with E-state index in [1.807, 2.05) is 36.7 Å². The van der Waals surface area contributed by atoms with Crippen LogP contribution in [0.15, 0.2) is 36.7 Å². The Hall–Kier alpha value is -1.78. The number of hydrogen-bond donors (Lipinski definition) is 1. The van der Waals surface area contributed by atoms with Crippen LogP contribution in [0.5, 0.6) is 0 Å². The molecule has 0 saturated heterocycles. The summed E-state index contributed by atoms with van der Waals surface area (Å²) in [5, 5.41) is 9.65. The Morgan fingerprint density at radius 1 is 1.14 bits per heavy atom. The van der Waals surface area contributed by atoms with E-state index < -0.39 is 6.10 Å². The fourth-order valence-corrected chi connectivity index (χ4v) is 2.33. The lowest BCUT2D eigenvalue weighted by Gasteiger charge is -2.09. The first-order chi connectivity index (χ1) is 10.6. The Morgan fingerprint density at radius 2 is 1.86 bits per heavy atom. The van der Waals surface area contributed by atoms with Gasteiger partial charge in [0.2, 0.25) is 0 Å². The van der Waals surface area contributed by atoms with Gasteiger partial charge < -0.3 is 10.0 Å². The van der Waals surface area contributed by atoms with E-state index in [4.69, 9.17) is 0 Å². The largest absolute Gasteiger partial charge is 0.389 e. The highest BCUT2D eigenvalue weighted by atomic mass is 16.3. The Balaban J connectivity index is 1.98. The smallest absolute Gasteiger partial charge is 0.159 e. The summed E-state index contributed by atoms with van der Waals surface area (Å²) in [7, 11) is 4.19. The van der Waals surface area contributed by atoms with Crippen LogP contribution in [0.2, 0.25) is 0 Å². The zero-order valence-corrected chi connectivity index (χ0v) is 13.7. The molecule has 2 rings (SSSR count). The van der Waals surface area contributed by atoms with Crippen molar-refractivity contribution in [2.75, 3.05) is 20.6 Å². The van der Waals surface area contributed by atoms with Crippen molar-refractivity contribution in [3.8, 4) is 11.4 Å². The molecule has 4 heteroatoms. The predicted molar refractivity (Wildman–Crippen MR) is 89.6 cm³/mol. The van der Waals surface area contributed by atoms with E-state index in [2.05, 4.69) is 29.0 Å². The summed E-state index contributed by atoms with van der Waals surface area (Å²) in [6.07, 6.45) is 6.70. The van der Waals surface area contributed by atoms with Crippen LogP contribution in [-0.4, -0.2) is 40.6 Å². The number of nitrogens with zero attached hydrogens (tertiary/aromatic N) is 3. The Labute approximate surface area is 132 Å². The van der Waals surface area contributed by atoms with Gasteiger partial charge in [0.05, 0.1) is 6.10 Å². The average Bonchev–Trinajstić information content (AvgIpc) is 2.52. The molecule has 1 aromatic carbocycles. The molecule has 0 saturated carbocycles. The fourth-order valence-electron chi connectivity index (χ4n) is 2.33. The third-order valence-electron chi connectivity index (χ3n) is 3.65. The molecule has 2 aromatic rings. The van der Waals surface area contributed by atoms with Crippen LogP contribution >= 0.6 is 0 Å². The molecule has 0 amide bonds. The SMILES string of the molecule is CC(O)c1cccc(-c2ncc(CCCCN(C)C)cn2)c1. The van der Waals surface area contributed by atoms with Gasteiger partial charge in [0.15, 0.2) is 5.82 Å². The Bertz CT molecular complexity index is 579. The second-order valence-corrected chi connectivity index (χ2v) is 5.98. The van der Waals surface area contributed by atoms with E-state index in [-0.39, 0.29) is 0 Å². The number of aliphatic hydroxyl groups is 1. The number of hydrogen-bond acceptors (Lipinski definition) is 4. The van der Waals surface area contributed by atoms with E-state index >= 15 is 0 Å². The summed E-state index contributed by atoms with van der Waals surface area (Å²) in [5.74, 6) is 0.708. The number of aryl methyl sites for hydroxylation is 1. The molecule has 0 aliphatic carbocycles. The summed E-state index contributed by atoms with van der Waals surface area (Å²) in [6, 6.07) is 7.75. The van der Waals surface area contributed by atoms with Gasteiger partial charge in [0, 0.05) is 18.0 Å². The van der Waals surface area contributed by atoms with Crippen LogP contribution < -0.4 is 0 Å². The Morgan fingerprint density at radius 3 is 2.50 bits per heavy atom. The van der Waals surface area contributed by atoms with Gasteiger partial charge >= 0.3 is 0 Å². The summed E-state index contributed by atoms with van der Waals surface area (Å²) in [4.78, 5) is 11.1. The van der Waals surface area contributed by atoms with Crippen molar-refractivity contribution < 1.29 is 5.11 Å². The number of benzene rings is 1. The van der Waals surface area contributed by atoms with Crippen molar-refractivity contribution >= 4 is 0 Å². The standard InChI is InChI=1S/C18H25N3O/c1-14(22)16-8-6-9-17(11-16)18-19-12-15(13-20-18)7-4-5-10-21(2)3/h6,8-9,11-14,22H,4-5,7,10H2,1-3H3. The van der Waals surface area contributed by atoms with Crippen LogP contribution in [0.25, 0.3) is 11.4 Å². The maximum Gasteiger partial charge on any atom is 0.159 e. The minimum atomic E-state index is -0.476. The zero-order chi connectivity index (χ0) is 15.9. The molecule has 0 aliphatic rings. The third-order valence-corrected chi connectivity index (χ3v) is 3.65. The van der Waals surface area contributed by atoms with Gasteiger partial charge in [-0.2, -0.15) is 0 Å². The summed E-state index contributed by atoms with van der Waals surface area (Å²) in [5.41, 5.74) is 3.00. The molecule has 0 bridgehead atoms. The van der Waals surface area contributed by atoms with E-state index in [1.54, 1.807) is 6.92 Å². The predicted octanol–water partition coefficient (Wildman–Crippen LogP) is 3.08. The highest BCUT2D eigenvalue weighted by Crippen LogP contribution is 2.20. The second-order valence-electron chi connectivity index (χ2n) is 5.98. The molecule has 1 N–H and O–H groups in total. The van der Waals surface area contributed by atoms with Gasteiger partial charge in [0.25, 0.3) is 0 Å². The maximum atomic E-state index is 9.65. The van der Waals surface area contributed by atoms with Crippen molar-refractivity contribution in [3.05, 3.63) is 47.8 Å². The lowest BCUT2D eigenvalue weighted by Crippen LogP contribution is -2.12. The lowest BCUT2D eigenvalue weighted by atomic mass is 10.1. The van der Waals surface area contributed by atoms with E-state index in [9.17, 15) is 5.11 Å². The molecule has 0 radical (unpaired) electrons. The minimum Gasteiger partial charge on any atom is -0.389 e. The molecular formula is C18H25N3O. The number of aromatic nitrogens is 2. The molecule has 1 unspecified atom stereocenters. The molecule has 0 spiro atoms. The summed E-state index contributed by atoms with van der Waals surface area (Å²) in [6.45, 7) is 2.88. The minimum absolute atomic E-state index is 0.476. The monoisotopic (exact) mass is 299 g/mol. The highest BCUT2D eigenvalue weighted by Gasteiger charge is 2.05. The molecule has 1 heterocycles. The van der Waals surface area contributed by atoms with E-state index in [0.29, 0.717) is 5.82 Å². The Kier molecular flexibility index (Phi) is 6.04. The van der Waals surface area contributed by atoms with Gasteiger partial charge in [-0.25, -0.2) is 9.97 Å². The van der Waals surface area contributed by atoms with Gasteiger partial charge in [-0.3, -0.25) is 0 Å². The molecule has 0 aliphatic heterocycles. The van der Waals surface area contributed by atoms with Crippen molar-refractivity contribution in [2.45, 2.75) is 32.3 Å². The van der Waals surface area contributed by atoms with Gasteiger partial charge in [-0.05, 0) is 64.0 Å². The molecule has 22 heavy (non-hydrogen) atoms. The number of rotatable bonds is 7. The number of aliphatic hydroxyl groups excluding tert-OH is 1. The number of unbranched alkanes of at least 4 members (excludes halogenated alkanes) is 1. The van der Waals surface area contributed by atoms with Crippen molar-refractivity contribution in [2.24, 2.45) is 0 Å². The van der Waals surface area contributed by atoms with E-state index in [1.165, 1.54) is 12.0 Å². The molecule has 1 aromatic heterocycles. The molecule has 4 nitrogen and oxygen atoms in total. The topological polar surface area (TPSA) is 49.3 Å². The normalized spacial score (nSPS) is 12.6. The van der Waals surface area contributed by atoms with Crippen LogP contribution in [0.1, 0.15) is 37.0 Å². The first-order valence-corrected chi connectivity index (χ1v) is 7.80. The highest BCUT2D eigenvalue weighted by molar-refractivity contribution is 5.56. The molecular weight excluding hydrogens is 274 g/mol. The zero-order valence-electron chi connectivity index (χ0n) is 13.7. The second kappa shape index (κ2) is 8.01. The van der Waals surface area contributed by atoms with Crippen molar-refractivity contribution in [1.29, 1.82) is 0 Å². The van der Waals surface area contributed by atoms with Gasteiger partial charge in [0.1, 0.15) is 0 Å². The first-order valence-electron chi connectivity index (χ1n) is 7.80. The van der Waals surface area contributed by atoms with E-state index in [0.717, 1.165) is 30.5 Å². The van der Waals surface area contributed by atoms with Gasteiger partial charge in [-0.1, -0.05) is 18.2 Å². The lowest BCUT2D eigenvalue weighted by molar-refractivity contribution is 0.199. The summed E-state index contributed by atoms with van der Waals surface area (Å²) < 4.78 is 0. The van der Waals surface area contributed by atoms with Gasteiger partial charge in [-0.15, -0.1) is 0 Å². The van der Waals surface area contributed by atoms with Crippen LogP contribution in [0, 0.1) is 0 Å². The molecule has 0 fully saturated rings. The third kappa shape index (κ3) is 4.90. The van der Waals surface area contributed by atoms with Crippen LogP contribution in [0.4, 0.5) is 0 Å². The van der Waals surface area contributed by atoms with Crippen molar-refractivity contribution in [1.82, 2.24) is 14.9 Å². The first kappa shape index (κ1) is 16.6.